The van der Waals surface area contributed by atoms with E-state index in [1.54, 1.807) is 46.4 Å². The molecule has 0 atom stereocenters. The van der Waals surface area contributed by atoms with E-state index in [4.69, 9.17) is 0 Å². The van der Waals surface area contributed by atoms with Gasteiger partial charge in [0.2, 0.25) is 0 Å². The van der Waals surface area contributed by atoms with Gasteiger partial charge in [0.15, 0.2) is 0 Å². The van der Waals surface area contributed by atoms with Crippen molar-refractivity contribution in [3.63, 3.8) is 0 Å². The molecular weight excluding hydrogens is 319 g/mol. The van der Waals surface area contributed by atoms with Gasteiger partial charge in [-0.25, -0.2) is 4.39 Å². The molecule has 3 aromatic rings. The van der Waals surface area contributed by atoms with Crippen LogP contribution in [-0.2, 0) is 6.54 Å². The van der Waals surface area contributed by atoms with E-state index < -0.39 is 0 Å². The number of carbonyl (C=O) groups excluding carboxylic acids is 1. The number of rotatable bonds is 6. The van der Waals surface area contributed by atoms with Gasteiger partial charge in [0.1, 0.15) is 18.5 Å². The van der Waals surface area contributed by atoms with E-state index in [0.717, 1.165) is 6.42 Å². The molecule has 0 aliphatic carbocycles. The maximum atomic E-state index is 14.0. The zero-order valence-electron chi connectivity index (χ0n) is 14.0. The van der Waals surface area contributed by atoms with Crippen molar-refractivity contribution in [2.24, 2.45) is 0 Å². The molecule has 0 saturated heterocycles. The molecule has 128 valence electrons. The van der Waals surface area contributed by atoms with E-state index in [2.05, 4.69) is 10.2 Å². The first kappa shape index (κ1) is 16.8. The Hall–Kier alpha value is -3.02. The highest BCUT2D eigenvalue weighted by Gasteiger charge is 2.20. The summed E-state index contributed by atoms with van der Waals surface area (Å²) in [5.74, 6) is -0.446. The van der Waals surface area contributed by atoms with Crippen LogP contribution >= 0.6 is 0 Å². The lowest BCUT2D eigenvalue weighted by Crippen LogP contribution is -2.32. The minimum atomic E-state index is -0.302. The molecule has 0 fully saturated rings. The van der Waals surface area contributed by atoms with E-state index in [-0.39, 0.29) is 18.3 Å². The molecule has 6 heteroatoms. The third-order valence-corrected chi connectivity index (χ3v) is 3.93. The van der Waals surface area contributed by atoms with Crippen molar-refractivity contribution in [2.45, 2.75) is 19.9 Å². The largest absolute Gasteiger partial charge is 0.334 e. The Morgan fingerprint density at radius 3 is 2.48 bits per heavy atom. The van der Waals surface area contributed by atoms with Crippen molar-refractivity contribution in [3.05, 3.63) is 78.1 Å². The molecular formula is C19H19FN4O. The van der Waals surface area contributed by atoms with Crippen molar-refractivity contribution in [3.8, 4) is 5.69 Å². The smallest absolute Gasteiger partial charge is 0.256 e. The molecule has 5 nitrogen and oxygen atoms in total. The number of halogens is 1. The summed E-state index contributed by atoms with van der Waals surface area (Å²) < 4.78 is 15.7. The summed E-state index contributed by atoms with van der Waals surface area (Å²) in [6, 6.07) is 13.8. The highest BCUT2D eigenvalue weighted by Crippen LogP contribution is 2.19. The van der Waals surface area contributed by atoms with E-state index in [1.807, 2.05) is 25.1 Å². The molecule has 0 bridgehead atoms. The monoisotopic (exact) mass is 338 g/mol. The first-order valence-corrected chi connectivity index (χ1v) is 8.17. The predicted molar refractivity (Wildman–Crippen MR) is 92.8 cm³/mol. The fourth-order valence-electron chi connectivity index (χ4n) is 2.73. The van der Waals surface area contributed by atoms with Crippen molar-refractivity contribution in [2.75, 3.05) is 6.54 Å². The van der Waals surface area contributed by atoms with Gasteiger partial charge in [-0.15, -0.1) is 10.2 Å². The second-order valence-electron chi connectivity index (χ2n) is 5.70. The summed E-state index contributed by atoms with van der Waals surface area (Å²) in [5, 5.41) is 7.60. The van der Waals surface area contributed by atoms with Crippen LogP contribution in [0, 0.1) is 5.82 Å². The molecule has 3 rings (SSSR count). The number of benzene rings is 2. The molecule has 0 aliphatic heterocycles. The number of para-hydroxylation sites is 1. The van der Waals surface area contributed by atoms with E-state index >= 15 is 0 Å². The fourth-order valence-corrected chi connectivity index (χ4v) is 2.73. The lowest BCUT2D eigenvalue weighted by Gasteiger charge is -2.24. The van der Waals surface area contributed by atoms with Crippen LogP contribution in [0.25, 0.3) is 5.69 Å². The molecule has 1 aromatic heterocycles. The fraction of sp³-hybridized carbons (Fsp3) is 0.211. The van der Waals surface area contributed by atoms with Crippen molar-refractivity contribution >= 4 is 5.91 Å². The Bertz CT molecular complexity index is 848. The van der Waals surface area contributed by atoms with Crippen LogP contribution < -0.4 is 0 Å². The SMILES string of the molecule is CCCN(Cc1ccccc1F)C(=O)c1ccccc1-n1cnnc1. The molecule has 1 heterocycles. The highest BCUT2D eigenvalue weighted by molar-refractivity contribution is 5.97. The van der Waals surface area contributed by atoms with Crippen LogP contribution in [0.5, 0.6) is 0 Å². The Labute approximate surface area is 145 Å². The second-order valence-corrected chi connectivity index (χ2v) is 5.70. The van der Waals surface area contributed by atoms with E-state index in [1.165, 1.54) is 6.07 Å². The number of nitrogens with zero attached hydrogens (tertiary/aromatic N) is 4. The van der Waals surface area contributed by atoms with Gasteiger partial charge in [-0.2, -0.15) is 0 Å². The molecule has 1 amide bonds. The normalized spacial score (nSPS) is 10.6. The van der Waals surface area contributed by atoms with Gasteiger partial charge in [0, 0.05) is 18.7 Å². The Balaban J connectivity index is 1.93. The van der Waals surface area contributed by atoms with Crippen molar-refractivity contribution in [1.29, 1.82) is 0 Å². The standard InChI is InChI=1S/C19H19FN4O/c1-2-11-23(12-15-7-3-5-9-17(15)20)19(25)16-8-4-6-10-18(16)24-13-21-22-14-24/h3-10,13-14H,2,11-12H2,1H3. The van der Waals surface area contributed by atoms with Gasteiger partial charge in [-0.1, -0.05) is 37.3 Å². The van der Waals surface area contributed by atoms with Crippen LogP contribution in [0.1, 0.15) is 29.3 Å². The topological polar surface area (TPSA) is 51.0 Å². The number of hydrogen-bond acceptors (Lipinski definition) is 3. The number of amides is 1. The lowest BCUT2D eigenvalue weighted by molar-refractivity contribution is 0.0741. The van der Waals surface area contributed by atoms with Gasteiger partial charge in [-0.3, -0.25) is 9.36 Å². The Morgan fingerprint density at radius 2 is 1.76 bits per heavy atom. The van der Waals surface area contributed by atoms with Crippen molar-refractivity contribution in [1.82, 2.24) is 19.7 Å². The van der Waals surface area contributed by atoms with Crippen LogP contribution in [0.4, 0.5) is 4.39 Å². The van der Waals surface area contributed by atoms with Gasteiger partial charge < -0.3 is 4.90 Å². The average molecular weight is 338 g/mol. The van der Waals surface area contributed by atoms with Gasteiger partial charge in [-0.05, 0) is 24.6 Å². The quantitative estimate of drug-likeness (QED) is 0.692. The van der Waals surface area contributed by atoms with Crippen LogP contribution in [0.3, 0.4) is 0 Å². The third-order valence-electron chi connectivity index (χ3n) is 3.93. The first-order chi connectivity index (χ1) is 12.2. The second kappa shape index (κ2) is 7.70. The van der Waals surface area contributed by atoms with Gasteiger partial charge in [0.05, 0.1) is 11.3 Å². The summed E-state index contributed by atoms with van der Waals surface area (Å²) in [5.41, 5.74) is 1.74. The molecule has 0 spiro atoms. The first-order valence-electron chi connectivity index (χ1n) is 8.17. The molecule has 0 aliphatic rings. The maximum Gasteiger partial charge on any atom is 0.256 e. The van der Waals surface area contributed by atoms with Crippen LogP contribution in [0.2, 0.25) is 0 Å². The Kier molecular flexibility index (Phi) is 5.18. The predicted octanol–water partition coefficient (Wildman–Crippen LogP) is 3.46. The highest BCUT2D eigenvalue weighted by atomic mass is 19.1. The number of hydrogen-bond donors (Lipinski definition) is 0. The molecule has 0 saturated carbocycles. The Morgan fingerprint density at radius 1 is 1.08 bits per heavy atom. The molecule has 0 N–H and O–H groups in total. The number of aromatic nitrogens is 3. The zero-order chi connectivity index (χ0) is 17.6. The lowest BCUT2D eigenvalue weighted by atomic mass is 10.1. The molecule has 25 heavy (non-hydrogen) atoms. The summed E-state index contributed by atoms with van der Waals surface area (Å²) in [6.45, 7) is 2.77. The van der Waals surface area contributed by atoms with Gasteiger partial charge in [0.25, 0.3) is 5.91 Å². The maximum absolute atomic E-state index is 14.0. The summed E-state index contributed by atoms with van der Waals surface area (Å²) in [4.78, 5) is 14.8. The average Bonchev–Trinajstić information content (AvgIpc) is 3.17. The third kappa shape index (κ3) is 3.74. The minimum absolute atomic E-state index is 0.144. The van der Waals surface area contributed by atoms with E-state index in [9.17, 15) is 9.18 Å². The van der Waals surface area contributed by atoms with Crippen LogP contribution in [-0.4, -0.2) is 32.1 Å². The van der Waals surface area contributed by atoms with Gasteiger partial charge >= 0.3 is 0 Å². The van der Waals surface area contributed by atoms with Crippen molar-refractivity contribution < 1.29 is 9.18 Å². The summed E-state index contributed by atoms with van der Waals surface area (Å²) >= 11 is 0. The van der Waals surface area contributed by atoms with Crippen LogP contribution in [0.15, 0.2) is 61.2 Å². The molecule has 0 radical (unpaired) electrons. The number of carbonyl (C=O) groups is 1. The van der Waals surface area contributed by atoms with E-state index in [0.29, 0.717) is 23.4 Å². The zero-order valence-corrected chi connectivity index (χ0v) is 14.0. The minimum Gasteiger partial charge on any atom is -0.334 e. The molecule has 0 unspecified atom stereocenters. The summed E-state index contributed by atoms with van der Waals surface area (Å²) in [6.07, 6.45) is 3.88. The molecule has 2 aromatic carbocycles. The summed E-state index contributed by atoms with van der Waals surface area (Å²) in [7, 11) is 0.